The molecule has 0 saturated carbocycles. The number of likely N-dealkylation sites (N-methyl/N-ethyl adjacent to an activating group) is 1. The molecule has 1 atom stereocenters. The number of hydrogen-bond acceptors (Lipinski definition) is 3. The van der Waals surface area contributed by atoms with Gasteiger partial charge in [0.1, 0.15) is 0 Å². The van der Waals surface area contributed by atoms with E-state index in [-0.39, 0.29) is 24.0 Å². The van der Waals surface area contributed by atoms with Crippen LogP contribution in [0.1, 0.15) is 30.7 Å². The van der Waals surface area contributed by atoms with Gasteiger partial charge in [-0.2, -0.15) is 0 Å². The minimum absolute atomic E-state index is 0. The van der Waals surface area contributed by atoms with Crippen LogP contribution < -0.4 is 5.32 Å². The number of halogens is 1. The second-order valence-electron chi connectivity index (χ2n) is 7.67. The number of benzene rings is 1. The molecule has 27 heavy (non-hydrogen) atoms. The minimum Gasteiger partial charge on any atom is -0.356 e. The Morgan fingerprint density at radius 1 is 1.07 bits per heavy atom. The molecular formula is C21H36IN5. The molecule has 1 aromatic carbocycles. The molecule has 0 radical (unpaired) electrons. The van der Waals surface area contributed by atoms with Gasteiger partial charge in [-0.05, 0) is 38.4 Å². The van der Waals surface area contributed by atoms with Crippen molar-refractivity contribution < 1.29 is 0 Å². The normalized spacial score (nSPS) is 21.9. The van der Waals surface area contributed by atoms with Crippen molar-refractivity contribution in [2.45, 2.75) is 25.2 Å². The van der Waals surface area contributed by atoms with E-state index in [1.165, 1.54) is 57.5 Å². The average Bonchev–Trinajstić information content (AvgIpc) is 3.17. The summed E-state index contributed by atoms with van der Waals surface area (Å²) in [4.78, 5) is 11.9. The zero-order valence-corrected chi connectivity index (χ0v) is 19.3. The molecular weight excluding hydrogens is 449 g/mol. The van der Waals surface area contributed by atoms with Crippen LogP contribution >= 0.6 is 24.0 Å². The maximum Gasteiger partial charge on any atom is 0.193 e. The molecule has 0 bridgehead atoms. The summed E-state index contributed by atoms with van der Waals surface area (Å²) in [5.74, 6) is 1.70. The van der Waals surface area contributed by atoms with Crippen LogP contribution in [0.2, 0.25) is 0 Å². The Kier molecular flexibility index (Phi) is 9.86. The van der Waals surface area contributed by atoms with Gasteiger partial charge in [0.2, 0.25) is 0 Å². The van der Waals surface area contributed by atoms with Crippen LogP contribution in [0.15, 0.2) is 35.3 Å². The fraction of sp³-hybridized carbons (Fsp3) is 0.667. The largest absolute Gasteiger partial charge is 0.356 e. The first-order valence-electron chi connectivity index (χ1n) is 10.2. The first-order chi connectivity index (χ1) is 12.8. The zero-order chi connectivity index (χ0) is 18.2. The fourth-order valence-electron chi connectivity index (χ4n) is 4.01. The highest BCUT2D eigenvalue weighted by Gasteiger charge is 2.25. The number of hydrogen-bond donors (Lipinski definition) is 1. The highest BCUT2D eigenvalue weighted by atomic mass is 127. The molecule has 5 nitrogen and oxygen atoms in total. The van der Waals surface area contributed by atoms with E-state index in [1.807, 2.05) is 7.05 Å². The maximum atomic E-state index is 4.51. The van der Waals surface area contributed by atoms with E-state index in [4.69, 9.17) is 0 Å². The highest BCUT2D eigenvalue weighted by Crippen LogP contribution is 2.26. The summed E-state index contributed by atoms with van der Waals surface area (Å²) >= 11 is 0. The molecule has 2 heterocycles. The number of nitrogens with zero attached hydrogens (tertiary/aromatic N) is 4. The standard InChI is InChI=1S/C21H35N5.HI/c1-22-21(23-11-6-7-12-25-16-14-24(2)15-17-25)26-13-10-20(18-26)19-8-4-3-5-9-19;/h3-5,8-9,20H,6-7,10-18H2,1-2H3,(H,22,23);1H. The Balaban J connectivity index is 0.00000261. The van der Waals surface area contributed by atoms with Gasteiger partial charge in [-0.15, -0.1) is 24.0 Å². The van der Waals surface area contributed by atoms with Crippen molar-refractivity contribution in [2.75, 3.05) is 66.5 Å². The van der Waals surface area contributed by atoms with Crippen LogP contribution in [-0.4, -0.2) is 87.1 Å². The van der Waals surface area contributed by atoms with Crippen LogP contribution in [0.25, 0.3) is 0 Å². The van der Waals surface area contributed by atoms with E-state index in [0.29, 0.717) is 5.92 Å². The van der Waals surface area contributed by atoms with E-state index in [9.17, 15) is 0 Å². The van der Waals surface area contributed by atoms with Crippen LogP contribution in [0, 0.1) is 0 Å². The lowest BCUT2D eigenvalue weighted by Gasteiger charge is -2.32. The molecule has 1 unspecified atom stereocenters. The Bertz CT molecular complexity index is 557. The molecule has 1 N–H and O–H groups in total. The van der Waals surface area contributed by atoms with E-state index < -0.39 is 0 Å². The van der Waals surface area contributed by atoms with Crippen LogP contribution in [0.3, 0.4) is 0 Å². The second-order valence-corrected chi connectivity index (χ2v) is 7.67. The molecule has 0 amide bonds. The third-order valence-corrected chi connectivity index (χ3v) is 5.75. The highest BCUT2D eigenvalue weighted by molar-refractivity contribution is 14.0. The lowest BCUT2D eigenvalue weighted by Crippen LogP contribution is -2.44. The summed E-state index contributed by atoms with van der Waals surface area (Å²) in [6, 6.07) is 10.9. The van der Waals surface area contributed by atoms with Gasteiger partial charge in [-0.1, -0.05) is 30.3 Å². The van der Waals surface area contributed by atoms with Gasteiger partial charge in [0.05, 0.1) is 0 Å². The predicted octanol–water partition coefficient (Wildman–Crippen LogP) is 2.70. The van der Waals surface area contributed by atoms with Gasteiger partial charge in [-0.25, -0.2) is 0 Å². The lowest BCUT2D eigenvalue weighted by molar-refractivity contribution is 0.152. The summed E-state index contributed by atoms with van der Waals surface area (Å²) in [5.41, 5.74) is 1.46. The number of likely N-dealkylation sites (tertiary alicyclic amines) is 1. The van der Waals surface area contributed by atoms with Crippen molar-refractivity contribution in [3.63, 3.8) is 0 Å². The van der Waals surface area contributed by atoms with Gasteiger partial charge >= 0.3 is 0 Å². The maximum absolute atomic E-state index is 4.51. The van der Waals surface area contributed by atoms with Crippen molar-refractivity contribution in [3.05, 3.63) is 35.9 Å². The molecule has 6 heteroatoms. The Morgan fingerprint density at radius 2 is 1.81 bits per heavy atom. The molecule has 0 spiro atoms. The molecule has 0 aromatic heterocycles. The van der Waals surface area contributed by atoms with Crippen molar-refractivity contribution in [3.8, 4) is 0 Å². The van der Waals surface area contributed by atoms with Crippen molar-refractivity contribution in [2.24, 2.45) is 4.99 Å². The summed E-state index contributed by atoms with van der Waals surface area (Å²) in [6.07, 6.45) is 3.69. The molecule has 152 valence electrons. The smallest absolute Gasteiger partial charge is 0.193 e. The van der Waals surface area contributed by atoms with Crippen molar-refractivity contribution >= 4 is 29.9 Å². The van der Waals surface area contributed by atoms with Gasteiger partial charge in [0.25, 0.3) is 0 Å². The summed E-state index contributed by atoms with van der Waals surface area (Å²) in [6.45, 7) is 9.29. The van der Waals surface area contributed by atoms with Crippen LogP contribution in [-0.2, 0) is 0 Å². The molecule has 2 saturated heterocycles. The quantitative estimate of drug-likeness (QED) is 0.291. The number of piperazine rings is 1. The third kappa shape index (κ3) is 6.91. The first-order valence-corrected chi connectivity index (χ1v) is 10.2. The summed E-state index contributed by atoms with van der Waals surface area (Å²) < 4.78 is 0. The molecule has 0 aliphatic carbocycles. The number of guanidine groups is 1. The minimum atomic E-state index is 0. The molecule has 2 aliphatic rings. The number of nitrogens with one attached hydrogen (secondary N) is 1. The van der Waals surface area contributed by atoms with Gasteiger partial charge < -0.3 is 20.0 Å². The zero-order valence-electron chi connectivity index (χ0n) is 16.9. The first kappa shape index (κ1) is 22.4. The van der Waals surface area contributed by atoms with Crippen molar-refractivity contribution in [1.82, 2.24) is 20.0 Å². The molecule has 2 aliphatic heterocycles. The van der Waals surface area contributed by atoms with E-state index in [0.717, 1.165) is 25.6 Å². The van der Waals surface area contributed by atoms with E-state index in [2.05, 4.69) is 62.4 Å². The van der Waals surface area contributed by atoms with E-state index >= 15 is 0 Å². The van der Waals surface area contributed by atoms with Gasteiger partial charge in [-0.3, -0.25) is 4.99 Å². The van der Waals surface area contributed by atoms with E-state index in [1.54, 1.807) is 0 Å². The van der Waals surface area contributed by atoms with Crippen LogP contribution in [0.4, 0.5) is 0 Å². The third-order valence-electron chi connectivity index (χ3n) is 5.75. The van der Waals surface area contributed by atoms with Gasteiger partial charge in [0, 0.05) is 58.8 Å². The monoisotopic (exact) mass is 485 g/mol. The topological polar surface area (TPSA) is 34.1 Å². The fourth-order valence-corrected chi connectivity index (χ4v) is 4.01. The Hall–Kier alpha value is -0.860. The molecule has 2 fully saturated rings. The summed E-state index contributed by atoms with van der Waals surface area (Å²) in [7, 11) is 4.12. The summed E-state index contributed by atoms with van der Waals surface area (Å²) in [5, 5.41) is 3.58. The van der Waals surface area contributed by atoms with Crippen molar-refractivity contribution in [1.29, 1.82) is 0 Å². The van der Waals surface area contributed by atoms with Gasteiger partial charge in [0.15, 0.2) is 5.96 Å². The number of aliphatic imine (C=N–C) groups is 1. The Labute approximate surface area is 182 Å². The average molecular weight is 485 g/mol. The lowest BCUT2D eigenvalue weighted by atomic mass is 9.99. The molecule has 1 aromatic rings. The number of rotatable bonds is 6. The second kappa shape index (κ2) is 11.9. The predicted molar refractivity (Wildman–Crippen MR) is 125 cm³/mol. The van der Waals surface area contributed by atoms with Crippen LogP contribution in [0.5, 0.6) is 0 Å². The Morgan fingerprint density at radius 3 is 2.52 bits per heavy atom. The SMILES string of the molecule is CN=C(NCCCCN1CCN(C)CC1)N1CCC(c2ccccc2)C1.I. The number of unbranched alkanes of at least 4 members (excludes halogenated alkanes) is 1. The molecule has 3 rings (SSSR count).